The van der Waals surface area contributed by atoms with E-state index in [-0.39, 0.29) is 12.7 Å². The van der Waals surface area contributed by atoms with E-state index >= 15 is 0 Å². The summed E-state index contributed by atoms with van der Waals surface area (Å²) in [6.07, 6.45) is 3.35. The lowest BCUT2D eigenvalue weighted by Crippen LogP contribution is -2.23. The first kappa shape index (κ1) is 14.2. The van der Waals surface area contributed by atoms with E-state index in [1.165, 1.54) is 0 Å². The summed E-state index contributed by atoms with van der Waals surface area (Å²) in [6, 6.07) is 15.5. The average molecular weight is 295 g/mol. The summed E-state index contributed by atoms with van der Waals surface area (Å²) in [6.45, 7) is 0.840. The van der Waals surface area contributed by atoms with E-state index < -0.39 is 0 Å². The molecule has 0 saturated heterocycles. The Morgan fingerprint density at radius 3 is 2.73 bits per heavy atom. The van der Waals surface area contributed by atoms with Crippen molar-refractivity contribution in [3.8, 4) is 11.5 Å². The van der Waals surface area contributed by atoms with Gasteiger partial charge in [-0.3, -0.25) is 4.79 Å². The van der Waals surface area contributed by atoms with Crippen LogP contribution in [0.3, 0.4) is 0 Å². The second-order valence-corrected chi connectivity index (χ2v) is 5.13. The van der Waals surface area contributed by atoms with Crippen molar-refractivity contribution >= 4 is 12.0 Å². The largest absolute Gasteiger partial charge is 0.454 e. The quantitative estimate of drug-likeness (QED) is 0.814. The zero-order valence-corrected chi connectivity index (χ0v) is 12.4. The normalized spacial score (nSPS) is 12.6. The summed E-state index contributed by atoms with van der Waals surface area (Å²) in [4.78, 5) is 13.8. The molecule has 1 aliphatic rings. The Labute approximate surface area is 129 Å². The van der Waals surface area contributed by atoms with Gasteiger partial charge in [0, 0.05) is 19.7 Å². The molecule has 4 nitrogen and oxygen atoms in total. The van der Waals surface area contributed by atoms with Crippen molar-refractivity contribution < 1.29 is 14.3 Å². The summed E-state index contributed by atoms with van der Waals surface area (Å²) in [7, 11) is 1.79. The second kappa shape index (κ2) is 6.35. The molecule has 3 rings (SSSR count). The van der Waals surface area contributed by atoms with Gasteiger partial charge in [0.1, 0.15) is 0 Å². The van der Waals surface area contributed by atoms with Crippen molar-refractivity contribution in [1.29, 1.82) is 0 Å². The highest BCUT2D eigenvalue weighted by Gasteiger charge is 2.12. The lowest BCUT2D eigenvalue weighted by Gasteiger charge is -2.15. The predicted molar refractivity (Wildman–Crippen MR) is 84.5 cm³/mol. The van der Waals surface area contributed by atoms with Gasteiger partial charge in [-0.2, -0.15) is 0 Å². The zero-order valence-electron chi connectivity index (χ0n) is 12.4. The van der Waals surface area contributed by atoms with E-state index in [0.717, 1.165) is 16.9 Å². The minimum Gasteiger partial charge on any atom is -0.454 e. The van der Waals surface area contributed by atoms with Crippen molar-refractivity contribution in [2.24, 2.45) is 0 Å². The highest BCUT2D eigenvalue weighted by atomic mass is 16.7. The van der Waals surface area contributed by atoms with Crippen LogP contribution in [-0.4, -0.2) is 24.6 Å². The molecule has 1 heterocycles. The molecule has 22 heavy (non-hydrogen) atoms. The molecule has 0 saturated carbocycles. The minimum absolute atomic E-state index is 0.0403. The Balaban J connectivity index is 1.63. The molecule has 1 amide bonds. The molecular formula is C18H17NO3. The molecule has 2 aromatic carbocycles. The van der Waals surface area contributed by atoms with Crippen LogP contribution in [-0.2, 0) is 11.3 Å². The van der Waals surface area contributed by atoms with Crippen LogP contribution in [0.1, 0.15) is 11.1 Å². The van der Waals surface area contributed by atoms with Crippen LogP contribution < -0.4 is 9.47 Å². The molecule has 0 unspecified atom stereocenters. The highest BCUT2D eigenvalue weighted by Crippen LogP contribution is 2.32. The number of likely N-dealkylation sites (N-methyl/N-ethyl adjacent to an activating group) is 1. The third kappa shape index (κ3) is 3.28. The standard InChI is InChI=1S/C18H17NO3/c1-19(12-15-5-3-2-4-6-15)18(20)10-8-14-7-9-16-17(11-14)22-13-21-16/h2-11H,12-13H2,1H3/b10-8+. The molecule has 0 radical (unpaired) electrons. The maximum atomic E-state index is 12.1. The van der Waals surface area contributed by atoms with E-state index in [9.17, 15) is 4.79 Å². The number of hydrogen-bond acceptors (Lipinski definition) is 3. The van der Waals surface area contributed by atoms with Crippen LogP contribution in [0, 0.1) is 0 Å². The van der Waals surface area contributed by atoms with Crippen LogP contribution in [0.5, 0.6) is 11.5 Å². The first-order valence-corrected chi connectivity index (χ1v) is 7.09. The monoisotopic (exact) mass is 295 g/mol. The Morgan fingerprint density at radius 2 is 1.91 bits per heavy atom. The molecule has 0 aliphatic carbocycles. The molecule has 0 aromatic heterocycles. The van der Waals surface area contributed by atoms with Gasteiger partial charge >= 0.3 is 0 Å². The van der Waals surface area contributed by atoms with Crippen LogP contribution in [0.2, 0.25) is 0 Å². The number of amides is 1. The van der Waals surface area contributed by atoms with Crippen molar-refractivity contribution in [2.75, 3.05) is 13.8 Å². The number of fused-ring (bicyclic) bond motifs is 1. The van der Waals surface area contributed by atoms with Gasteiger partial charge in [-0.25, -0.2) is 0 Å². The number of carbonyl (C=O) groups excluding carboxylic acids is 1. The van der Waals surface area contributed by atoms with E-state index in [1.54, 1.807) is 24.1 Å². The Kier molecular flexibility index (Phi) is 4.10. The van der Waals surface area contributed by atoms with Crippen molar-refractivity contribution in [2.45, 2.75) is 6.54 Å². The fourth-order valence-corrected chi connectivity index (χ4v) is 2.25. The molecular weight excluding hydrogens is 278 g/mol. The van der Waals surface area contributed by atoms with E-state index in [1.807, 2.05) is 48.5 Å². The van der Waals surface area contributed by atoms with Gasteiger partial charge in [0.25, 0.3) is 0 Å². The predicted octanol–water partition coefficient (Wildman–Crippen LogP) is 3.09. The number of rotatable bonds is 4. The summed E-state index contributed by atoms with van der Waals surface area (Å²) in [5.41, 5.74) is 2.01. The molecule has 0 N–H and O–H groups in total. The first-order chi connectivity index (χ1) is 10.7. The number of nitrogens with zero attached hydrogens (tertiary/aromatic N) is 1. The fourth-order valence-electron chi connectivity index (χ4n) is 2.25. The van der Waals surface area contributed by atoms with Gasteiger partial charge in [-0.1, -0.05) is 36.4 Å². The van der Waals surface area contributed by atoms with E-state index in [4.69, 9.17) is 9.47 Å². The molecule has 1 aliphatic heterocycles. The topological polar surface area (TPSA) is 38.8 Å². The summed E-state index contributed by atoms with van der Waals surface area (Å²) < 4.78 is 10.6. The van der Waals surface area contributed by atoms with Crippen molar-refractivity contribution in [3.63, 3.8) is 0 Å². The number of benzene rings is 2. The minimum atomic E-state index is -0.0403. The number of hydrogen-bond donors (Lipinski definition) is 0. The van der Waals surface area contributed by atoms with Gasteiger partial charge in [0.15, 0.2) is 11.5 Å². The maximum Gasteiger partial charge on any atom is 0.246 e. The van der Waals surface area contributed by atoms with Crippen molar-refractivity contribution in [1.82, 2.24) is 4.90 Å². The average Bonchev–Trinajstić information content (AvgIpc) is 3.01. The maximum absolute atomic E-state index is 12.1. The van der Waals surface area contributed by atoms with Crippen LogP contribution in [0.15, 0.2) is 54.6 Å². The molecule has 2 aromatic rings. The SMILES string of the molecule is CN(Cc1ccccc1)C(=O)/C=C/c1ccc2c(c1)OCO2. The van der Waals surface area contributed by atoms with Gasteiger partial charge in [0.05, 0.1) is 0 Å². The van der Waals surface area contributed by atoms with E-state index in [0.29, 0.717) is 12.3 Å². The van der Waals surface area contributed by atoms with E-state index in [2.05, 4.69) is 0 Å². The van der Waals surface area contributed by atoms with Gasteiger partial charge in [0.2, 0.25) is 12.7 Å². The summed E-state index contributed by atoms with van der Waals surface area (Å²) in [5, 5.41) is 0. The Morgan fingerprint density at radius 1 is 1.14 bits per heavy atom. The fraction of sp³-hybridized carbons (Fsp3) is 0.167. The lowest BCUT2D eigenvalue weighted by atomic mass is 10.2. The second-order valence-electron chi connectivity index (χ2n) is 5.13. The smallest absolute Gasteiger partial charge is 0.246 e. The Hall–Kier alpha value is -2.75. The lowest BCUT2D eigenvalue weighted by molar-refractivity contribution is -0.125. The zero-order chi connectivity index (χ0) is 15.4. The third-order valence-electron chi connectivity index (χ3n) is 3.45. The first-order valence-electron chi connectivity index (χ1n) is 7.09. The molecule has 4 heteroatoms. The van der Waals surface area contributed by atoms with Gasteiger partial charge in [-0.05, 0) is 29.3 Å². The molecule has 0 atom stereocenters. The molecule has 0 fully saturated rings. The van der Waals surface area contributed by atoms with Crippen molar-refractivity contribution in [3.05, 3.63) is 65.7 Å². The number of ether oxygens (including phenoxy) is 2. The van der Waals surface area contributed by atoms with Crippen LogP contribution in [0.4, 0.5) is 0 Å². The highest BCUT2D eigenvalue weighted by molar-refractivity contribution is 5.91. The molecule has 0 spiro atoms. The third-order valence-corrected chi connectivity index (χ3v) is 3.45. The van der Waals surface area contributed by atoms with Gasteiger partial charge in [-0.15, -0.1) is 0 Å². The molecule has 0 bridgehead atoms. The van der Waals surface area contributed by atoms with Gasteiger partial charge < -0.3 is 14.4 Å². The number of carbonyl (C=O) groups is 1. The summed E-state index contributed by atoms with van der Waals surface area (Å²) in [5.74, 6) is 1.42. The van der Waals surface area contributed by atoms with Crippen LogP contribution in [0.25, 0.3) is 6.08 Å². The Bertz CT molecular complexity index is 695. The summed E-state index contributed by atoms with van der Waals surface area (Å²) >= 11 is 0. The molecule has 112 valence electrons. The van der Waals surface area contributed by atoms with Crippen LogP contribution >= 0.6 is 0 Å².